The van der Waals surface area contributed by atoms with Gasteiger partial charge in [0.05, 0.1) is 12.6 Å². The summed E-state index contributed by atoms with van der Waals surface area (Å²) >= 11 is 0. The highest BCUT2D eigenvalue weighted by Crippen LogP contribution is 2.44. The highest BCUT2D eigenvalue weighted by atomic mass is 16.5. The van der Waals surface area contributed by atoms with E-state index >= 15 is 0 Å². The van der Waals surface area contributed by atoms with Gasteiger partial charge in [-0.3, -0.25) is 9.89 Å². The zero-order valence-electron chi connectivity index (χ0n) is 16.8. The van der Waals surface area contributed by atoms with Crippen LogP contribution in [0.2, 0.25) is 0 Å². The Kier molecular flexibility index (Phi) is 5.11. The third kappa shape index (κ3) is 3.29. The number of carbonyl (C=O) groups is 1. The molecule has 0 saturated heterocycles. The van der Waals surface area contributed by atoms with Crippen LogP contribution >= 0.6 is 0 Å². The number of carbonyl (C=O) groups excluding carboxylic acids is 1. The van der Waals surface area contributed by atoms with Gasteiger partial charge in [0.25, 0.3) is 5.91 Å². The van der Waals surface area contributed by atoms with E-state index in [0.717, 1.165) is 11.1 Å². The smallest absolute Gasteiger partial charge is 0.273 e. The number of para-hydroxylation sites is 1. The average molecular weight is 391 g/mol. The van der Waals surface area contributed by atoms with Crippen LogP contribution in [0, 0.1) is 0 Å². The van der Waals surface area contributed by atoms with Gasteiger partial charge in [-0.25, -0.2) is 0 Å². The van der Waals surface area contributed by atoms with E-state index in [1.807, 2.05) is 12.1 Å². The largest absolute Gasteiger partial charge is 0.507 e. The molecule has 0 radical (unpaired) electrons. The van der Waals surface area contributed by atoms with Crippen LogP contribution in [-0.2, 0) is 4.74 Å². The average Bonchev–Trinajstić information content (AvgIpc) is 3.26. The Morgan fingerprint density at radius 3 is 2.55 bits per heavy atom. The van der Waals surface area contributed by atoms with Gasteiger partial charge in [-0.1, -0.05) is 50.2 Å². The Hall–Kier alpha value is -3.12. The van der Waals surface area contributed by atoms with Crippen LogP contribution in [0.4, 0.5) is 0 Å². The van der Waals surface area contributed by atoms with E-state index in [1.54, 1.807) is 24.1 Å². The summed E-state index contributed by atoms with van der Waals surface area (Å²) in [4.78, 5) is 14.9. The van der Waals surface area contributed by atoms with E-state index in [9.17, 15) is 9.90 Å². The monoisotopic (exact) mass is 391 g/mol. The molecule has 1 aromatic heterocycles. The van der Waals surface area contributed by atoms with E-state index in [4.69, 9.17) is 4.74 Å². The summed E-state index contributed by atoms with van der Waals surface area (Å²) in [5.74, 6) is 0.461. The topological polar surface area (TPSA) is 78.5 Å². The van der Waals surface area contributed by atoms with Gasteiger partial charge in [0.2, 0.25) is 0 Å². The minimum absolute atomic E-state index is 0.107. The van der Waals surface area contributed by atoms with Crippen LogP contribution in [0.5, 0.6) is 5.75 Å². The van der Waals surface area contributed by atoms with E-state index in [-0.39, 0.29) is 17.7 Å². The van der Waals surface area contributed by atoms with Crippen molar-refractivity contribution >= 4 is 5.91 Å². The second-order valence-electron chi connectivity index (χ2n) is 7.59. The Morgan fingerprint density at radius 1 is 1.17 bits per heavy atom. The first-order valence-electron chi connectivity index (χ1n) is 9.79. The van der Waals surface area contributed by atoms with Crippen molar-refractivity contribution in [3.63, 3.8) is 0 Å². The standard InChI is InChI=1S/C23H25N3O3/c1-14(2)15-8-10-16(11-9-15)22-19-20(17-6-4-5-7-18(17)27)24-25-21(19)23(28)26(22)12-13-29-3/h4-11,14,22,27H,12-13H2,1-3H3,(H,24,25)/t22-/m1/s1. The molecule has 0 spiro atoms. The molecule has 1 aliphatic heterocycles. The number of methoxy groups -OCH3 is 1. The third-order valence-corrected chi connectivity index (χ3v) is 5.48. The number of fused-ring (bicyclic) bond motifs is 1. The molecule has 2 aromatic carbocycles. The van der Waals surface area contributed by atoms with Crippen LogP contribution in [0.15, 0.2) is 48.5 Å². The molecule has 6 nitrogen and oxygen atoms in total. The van der Waals surface area contributed by atoms with Crippen LogP contribution in [0.1, 0.15) is 53.0 Å². The second-order valence-corrected chi connectivity index (χ2v) is 7.59. The van der Waals surface area contributed by atoms with Crippen LogP contribution in [0.3, 0.4) is 0 Å². The lowest BCUT2D eigenvalue weighted by Gasteiger charge is -2.26. The van der Waals surface area contributed by atoms with E-state index in [1.165, 1.54) is 5.56 Å². The first-order chi connectivity index (χ1) is 14.0. The van der Waals surface area contributed by atoms with E-state index in [2.05, 4.69) is 48.3 Å². The highest BCUT2D eigenvalue weighted by molar-refractivity contribution is 6.00. The number of aromatic nitrogens is 2. The molecule has 2 heterocycles. The number of nitrogens with one attached hydrogen (secondary N) is 1. The third-order valence-electron chi connectivity index (χ3n) is 5.48. The Morgan fingerprint density at radius 2 is 1.90 bits per heavy atom. The van der Waals surface area contributed by atoms with E-state index < -0.39 is 0 Å². The van der Waals surface area contributed by atoms with Gasteiger partial charge in [0.15, 0.2) is 0 Å². The first-order valence-corrected chi connectivity index (χ1v) is 9.79. The fourth-order valence-corrected chi connectivity index (χ4v) is 3.91. The molecule has 0 bridgehead atoms. The minimum Gasteiger partial charge on any atom is -0.507 e. The van der Waals surface area contributed by atoms with Gasteiger partial charge in [0.1, 0.15) is 17.1 Å². The maximum atomic E-state index is 13.1. The van der Waals surface area contributed by atoms with Crippen LogP contribution in [0.25, 0.3) is 11.3 Å². The normalized spacial score (nSPS) is 15.9. The lowest BCUT2D eigenvalue weighted by Crippen LogP contribution is -2.32. The predicted octanol–water partition coefficient (Wildman–Crippen LogP) is 4.10. The summed E-state index contributed by atoms with van der Waals surface area (Å²) in [6.07, 6.45) is 0. The van der Waals surface area contributed by atoms with Crippen LogP contribution < -0.4 is 0 Å². The number of rotatable bonds is 6. The summed E-state index contributed by atoms with van der Waals surface area (Å²) in [7, 11) is 1.63. The van der Waals surface area contributed by atoms with Crippen molar-refractivity contribution in [2.45, 2.75) is 25.8 Å². The number of hydrogen-bond donors (Lipinski definition) is 2. The number of phenolic OH excluding ortho intramolecular Hbond substituents is 1. The fraction of sp³-hybridized carbons (Fsp3) is 0.304. The number of hydrogen-bond acceptors (Lipinski definition) is 4. The molecule has 150 valence electrons. The Bertz CT molecular complexity index is 1020. The molecule has 4 rings (SSSR count). The van der Waals surface area contributed by atoms with Gasteiger partial charge >= 0.3 is 0 Å². The quantitative estimate of drug-likeness (QED) is 0.663. The van der Waals surface area contributed by atoms with Crippen molar-refractivity contribution in [1.29, 1.82) is 0 Å². The molecule has 1 amide bonds. The molecule has 1 aliphatic rings. The maximum Gasteiger partial charge on any atom is 0.273 e. The molecule has 2 N–H and O–H groups in total. The van der Waals surface area contributed by atoms with Gasteiger partial charge in [-0.05, 0) is 29.2 Å². The number of nitrogens with zero attached hydrogens (tertiary/aromatic N) is 2. The van der Waals surface area contributed by atoms with Gasteiger partial charge in [-0.2, -0.15) is 5.10 Å². The summed E-state index contributed by atoms with van der Waals surface area (Å²) < 4.78 is 5.24. The van der Waals surface area contributed by atoms with Crippen LogP contribution in [-0.4, -0.2) is 46.4 Å². The number of aromatic amines is 1. The van der Waals surface area contributed by atoms with Gasteiger partial charge in [0, 0.05) is 24.8 Å². The zero-order valence-corrected chi connectivity index (χ0v) is 16.8. The molecule has 29 heavy (non-hydrogen) atoms. The first kappa shape index (κ1) is 19.2. The lowest BCUT2D eigenvalue weighted by molar-refractivity contribution is 0.0677. The molecule has 3 aromatic rings. The van der Waals surface area contributed by atoms with Gasteiger partial charge in [-0.15, -0.1) is 0 Å². The number of benzene rings is 2. The molecule has 0 saturated carbocycles. The minimum atomic E-state index is -0.290. The molecular weight excluding hydrogens is 366 g/mol. The summed E-state index contributed by atoms with van der Waals surface area (Å²) in [5, 5.41) is 17.7. The predicted molar refractivity (Wildman–Crippen MR) is 111 cm³/mol. The fourth-order valence-electron chi connectivity index (χ4n) is 3.91. The second kappa shape index (κ2) is 7.72. The Balaban J connectivity index is 1.85. The van der Waals surface area contributed by atoms with Crippen molar-refractivity contribution in [2.75, 3.05) is 20.3 Å². The van der Waals surface area contributed by atoms with Crippen molar-refractivity contribution in [2.24, 2.45) is 0 Å². The SMILES string of the molecule is COCCN1C(=O)c2[nH]nc(-c3ccccc3O)c2[C@H]1c1ccc(C(C)C)cc1. The molecular formula is C23H25N3O3. The molecule has 0 unspecified atom stereocenters. The molecule has 0 fully saturated rings. The molecule has 6 heteroatoms. The number of phenols is 1. The summed E-state index contributed by atoms with van der Waals surface area (Å²) in [6, 6.07) is 15.1. The lowest BCUT2D eigenvalue weighted by atomic mass is 9.93. The molecule has 0 aliphatic carbocycles. The number of amides is 1. The Labute approximate surface area is 170 Å². The van der Waals surface area contributed by atoms with E-state index in [0.29, 0.717) is 36.0 Å². The molecule has 1 atom stereocenters. The highest BCUT2D eigenvalue weighted by Gasteiger charge is 2.42. The van der Waals surface area contributed by atoms with Crippen molar-refractivity contribution in [3.05, 3.63) is 70.9 Å². The number of aromatic hydroxyl groups is 1. The summed E-state index contributed by atoms with van der Waals surface area (Å²) in [5.41, 5.74) is 4.73. The zero-order chi connectivity index (χ0) is 20.5. The van der Waals surface area contributed by atoms with Crippen molar-refractivity contribution in [1.82, 2.24) is 15.1 Å². The summed E-state index contributed by atoms with van der Waals surface area (Å²) in [6.45, 7) is 5.22. The van der Waals surface area contributed by atoms with Crippen molar-refractivity contribution in [3.8, 4) is 17.0 Å². The maximum absolute atomic E-state index is 13.1. The number of ether oxygens (including phenoxy) is 1. The van der Waals surface area contributed by atoms with Crippen molar-refractivity contribution < 1.29 is 14.6 Å². The number of H-pyrrole nitrogens is 1. The van der Waals surface area contributed by atoms with Gasteiger partial charge < -0.3 is 14.7 Å².